The Morgan fingerprint density at radius 1 is 1.13 bits per heavy atom. The lowest BCUT2D eigenvalue weighted by molar-refractivity contribution is -0.113. The van der Waals surface area contributed by atoms with E-state index in [1.807, 2.05) is 53.9 Å². The molecule has 0 unspecified atom stereocenters. The molecule has 0 aliphatic carbocycles. The van der Waals surface area contributed by atoms with Crippen molar-refractivity contribution in [3.63, 3.8) is 0 Å². The number of rotatable bonds is 7. The van der Waals surface area contributed by atoms with Crippen LogP contribution in [0.3, 0.4) is 0 Å². The number of aromatic nitrogens is 1. The van der Waals surface area contributed by atoms with Gasteiger partial charge in [-0.25, -0.2) is 9.78 Å². The Bertz CT molecular complexity index is 1200. The van der Waals surface area contributed by atoms with E-state index in [1.165, 1.54) is 30.2 Å². The standard InChI is InChI=1S/C22H18N2O5S2/c1-27-14-9-7-13(8-10-14)15-11-30-20(19(15)21(26)28-2)24-18(25)12-31-22-23-16-5-3-4-6-17(16)29-22/h3-11H,12H2,1-2H3,(H,24,25). The highest BCUT2D eigenvalue weighted by atomic mass is 32.2. The van der Waals surface area contributed by atoms with Crippen molar-refractivity contribution < 1.29 is 23.5 Å². The second-order valence-corrected chi connectivity index (χ2v) is 8.16. The molecule has 0 spiro atoms. The number of thiophene rings is 1. The first-order chi connectivity index (χ1) is 15.1. The highest BCUT2D eigenvalue weighted by molar-refractivity contribution is 7.99. The minimum absolute atomic E-state index is 0.0865. The molecule has 1 amide bonds. The normalized spacial score (nSPS) is 10.8. The number of fused-ring (bicyclic) bond motifs is 1. The van der Waals surface area contributed by atoms with Crippen LogP contribution in [0.15, 0.2) is 63.6 Å². The molecule has 0 bridgehead atoms. The molecule has 0 atom stereocenters. The lowest BCUT2D eigenvalue weighted by Crippen LogP contribution is -2.16. The molecule has 9 heteroatoms. The number of methoxy groups -OCH3 is 2. The minimum Gasteiger partial charge on any atom is -0.497 e. The number of carbonyl (C=O) groups excluding carboxylic acids is 2. The average Bonchev–Trinajstić information content (AvgIpc) is 3.41. The Hall–Kier alpha value is -3.30. The summed E-state index contributed by atoms with van der Waals surface area (Å²) >= 11 is 2.45. The smallest absolute Gasteiger partial charge is 0.341 e. The highest BCUT2D eigenvalue weighted by Crippen LogP contribution is 2.37. The molecule has 2 aromatic heterocycles. The molecule has 0 radical (unpaired) electrons. The predicted octanol–water partition coefficient (Wildman–Crippen LogP) is 5.08. The van der Waals surface area contributed by atoms with Crippen LogP contribution < -0.4 is 10.1 Å². The number of nitrogens with zero attached hydrogens (tertiary/aromatic N) is 1. The second-order valence-electron chi connectivity index (χ2n) is 6.36. The van der Waals surface area contributed by atoms with Crippen LogP contribution in [-0.4, -0.2) is 36.8 Å². The first-order valence-electron chi connectivity index (χ1n) is 9.21. The fourth-order valence-corrected chi connectivity index (χ4v) is 4.55. The number of hydrogen-bond acceptors (Lipinski definition) is 8. The van der Waals surface area contributed by atoms with E-state index in [0.29, 0.717) is 32.7 Å². The molecule has 0 saturated heterocycles. The molecule has 158 valence electrons. The second kappa shape index (κ2) is 9.23. The minimum atomic E-state index is -0.519. The van der Waals surface area contributed by atoms with Crippen LogP contribution in [0.2, 0.25) is 0 Å². The number of oxazole rings is 1. The van der Waals surface area contributed by atoms with Crippen LogP contribution in [0.4, 0.5) is 5.00 Å². The van der Waals surface area contributed by atoms with E-state index in [2.05, 4.69) is 10.3 Å². The van der Waals surface area contributed by atoms with Crippen LogP contribution in [0, 0.1) is 0 Å². The number of nitrogens with one attached hydrogen (secondary N) is 1. The number of amides is 1. The topological polar surface area (TPSA) is 90.7 Å². The summed E-state index contributed by atoms with van der Waals surface area (Å²) in [5.74, 6) is 0.00119. The number of para-hydroxylation sites is 2. The van der Waals surface area contributed by atoms with Gasteiger partial charge in [0, 0.05) is 10.9 Å². The molecule has 0 aliphatic heterocycles. The summed E-state index contributed by atoms with van der Waals surface area (Å²) in [6.07, 6.45) is 0. The maximum Gasteiger partial charge on any atom is 0.341 e. The molecule has 0 fully saturated rings. The number of benzene rings is 2. The monoisotopic (exact) mass is 454 g/mol. The molecule has 2 aromatic carbocycles. The predicted molar refractivity (Wildman–Crippen MR) is 121 cm³/mol. The van der Waals surface area contributed by atoms with Gasteiger partial charge < -0.3 is 19.2 Å². The molecule has 4 aromatic rings. The van der Waals surface area contributed by atoms with Crippen molar-refractivity contribution in [1.29, 1.82) is 0 Å². The largest absolute Gasteiger partial charge is 0.497 e. The zero-order valence-corrected chi connectivity index (χ0v) is 18.3. The first-order valence-corrected chi connectivity index (χ1v) is 11.1. The molecule has 4 rings (SSSR count). The van der Waals surface area contributed by atoms with Gasteiger partial charge in [0.25, 0.3) is 5.22 Å². The van der Waals surface area contributed by atoms with Gasteiger partial charge in [0.2, 0.25) is 5.91 Å². The van der Waals surface area contributed by atoms with Crippen LogP contribution in [0.5, 0.6) is 5.75 Å². The van der Waals surface area contributed by atoms with Crippen LogP contribution in [-0.2, 0) is 9.53 Å². The third-order valence-electron chi connectivity index (χ3n) is 4.44. The van der Waals surface area contributed by atoms with E-state index in [9.17, 15) is 9.59 Å². The van der Waals surface area contributed by atoms with Gasteiger partial charge in [-0.2, -0.15) is 0 Å². The van der Waals surface area contributed by atoms with Crippen LogP contribution >= 0.6 is 23.1 Å². The van der Waals surface area contributed by atoms with Gasteiger partial charge in [0.15, 0.2) is 5.58 Å². The number of esters is 1. The fourth-order valence-electron chi connectivity index (χ4n) is 2.94. The van der Waals surface area contributed by atoms with Gasteiger partial charge in [-0.05, 0) is 29.8 Å². The van der Waals surface area contributed by atoms with E-state index in [4.69, 9.17) is 13.9 Å². The van der Waals surface area contributed by atoms with Gasteiger partial charge in [-0.3, -0.25) is 4.79 Å². The zero-order chi connectivity index (χ0) is 21.8. The Labute approximate surface area is 186 Å². The van der Waals surface area contributed by atoms with Gasteiger partial charge >= 0.3 is 5.97 Å². The summed E-state index contributed by atoms with van der Waals surface area (Å²) in [6, 6.07) is 14.7. The zero-order valence-electron chi connectivity index (χ0n) is 16.7. The molecule has 1 N–H and O–H groups in total. The summed E-state index contributed by atoms with van der Waals surface area (Å²) in [4.78, 5) is 29.3. The lowest BCUT2D eigenvalue weighted by atomic mass is 10.0. The van der Waals surface area contributed by atoms with E-state index in [0.717, 1.165) is 11.1 Å². The van der Waals surface area contributed by atoms with Crippen molar-refractivity contribution in [3.05, 3.63) is 59.5 Å². The fraction of sp³-hybridized carbons (Fsp3) is 0.136. The van der Waals surface area contributed by atoms with E-state index >= 15 is 0 Å². The van der Waals surface area contributed by atoms with E-state index in [-0.39, 0.29) is 11.7 Å². The van der Waals surface area contributed by atoms with Crippen molar-refractivity contribution in [3.8, 4) is 16.9 Å². The van der Waals surface area contributed by atoms with Crippen molar-refractivity contribution in [1.82, 2.24) is 4.98 Å². The van der Waals surface area contributed by atoms with Crippen molar-refractivity contribution >= 4 is 51.1 Å². The summed E-state index contributed by atoms with van der Waals surface area (Å²) in [5.41, 5.74) is 3.22. The van der Waals surface area contributed by atoms with Gasteiger partial charge in [-0.15, -0.1) is 11.3 Å². The van der Waals surface area contributed by atoms with Crippen molar-refractivity contribution in [2.45, 2.75) is 5.22 Å². The van der Waals surface area contributed by atoms with Gasteiger partial charge in [-0.1, -0.05) is 36.0 Å². The lowest BCUT2D eigenvalue weighted by Gasteiger charge is -2.08. The number of hydrogen-bond donors (Lipinski definition) is 1. The van der Waals surface area contributed by atoms with Gasteiger partial charge in [0.1, 0.15) is 21.8 Å². The summed E-state index contributed by atoms with van der Waals surface area (Å²) in [7, 11) is 2.90. The van der Waals surface area contributed by atoms with Crippen LogP contribution in [0.1, 0.15) is 10.4 Å². The average molecular weight is 455 g/mol. The number of anilines is 1. The summed E-state index contributed by atoms with van der Waals surface area (Å²) in [5, 5.41) is 5.47. The maximum atomic E-state index is 12.5. The number of carbonyl (C=O) groups is 2. The van der Waals surface area contributed by atoms with Crippen molar-refractivity contribution in [2.75, 3.05) is 25.3 Å². The molecular formula is C22H18N2O5S2. The third-order valence-corrected chi connectivity index (χ3v) is 6.16. The summed E-state index contributed by atoms with van der Waals surface area (Å²) in [6.45, 7) is 0. The Kier molecular flexibility index (Phi) is 6.24. The summed E-state index contributed by atoms with van der Waals surface area (Å²) < 4.78 is 15.8. The van der Waals surface area contributed by atoms with E-state index in [1.54, 1.807) is 7.11 Å². The molecule has 7 nitrogen and oxygen atoms in total. The molecule has 0 aliphatic rings. The third kappa shape index (κ3) is 4.57. The quantitative estimate of drug-likeness (QED) is 0.307. The SMILES string of the molecule is COC(=O)c1c(-c2ccc(OC)cc2)csc1NC(=O)CSc1nc2ccccc2o1. The number of ether oxygens (including phenoxy) is 2. The highest BCUT2D eigenvalue weighted by Gasteiger charge is 2.22. The van der Waals surface area contributed by atoms with Crippen molar-refractivity contribution in [2.24, 2.45) is 0 Å². The Morgan fingerprint density at radius 2 is 1.90 bits per heavy atom. The Balaban J connectivity index is 1.50. The first kappa shape index (κ1) is 21.0. The number of thioether (sulfide) groups is 1. The van der Waals surface area contributed by atoms with Gasteiger partial charge in [0.05, 0.1) is 20.0 Å². The molecule has 0 saturated carbocycles. The van der Waals surface area contributed by atoms with Crippen LogP contribution in [0.25, 0.3) is 22.2 Å². The molecular weight excluding hydrogens is 436 g/mol. The maximum absolute atomic E-state index is 12.5. The van der Waals surface area contributed by atoms with E-state index < -0.39 is 5.97 Å². The Morgan fingerprint density at radius 3 is 2.61 bits per heavy atom. The molecule has 2 heterocycles. The molecule has 31 heavy (non-hydrogen) atoms.